The number of nitrogens with two attached hydrogens (primary N) is 1. The number of urea groups is 1. The summed E-state index contributed by atoms with van der Waals surface area (Å²) in [5.41, 5.74) is 7.12. The van der Waals surface area contributed by atoms with Crippen LogP contribution in [0, 0.1) is 0 Å². The highest BCUT2D eigenvalue weighted by Crippen LogP contribution is 2.34. The number of H-pyrrole nitrogens is 1. The summed E-state index contributed by atoms with van der Waals surface area (Å²) in [4.78, 5) is 19.1. The summed E-state index contributed by atoms with van der Waals surface area (Å²) in [5, 5.41) is 4.99. The Balaban J connectivity index is 0.00000155. The number of ether oxygens (including phenoxy) is 1. The number of hydrogen-bond donors (Lipinski definition) is 4. The van der Waals surface area contributed by atoms with E-state index in [-0.39, 0.29) is 18.0 Å². The summed E-state index contributed by atoms with van der Waals surface area (Å²) in [5.74, 6) is 0.449. The zero-order chi connectivity index (χ0) is 22.3. The Hall–Kier alpha value is -3.43. The molecule has 0 aliphatic carbocycles. The number of carbonyl (C=O) groups is 1. The molecule has 0 bridgehead atoms. The lowest BCUT2D eigenvalue weighted by Gasteiger charge is -2.14. The lowest BCUT2D eigenvalue weighted by atomic mass is 10.1. The number of nitrogen functional groups attached to an aromatic ring is 1. The number of rotatable bonds is 5. The van der Waals surface area contributed by atoms with E-state index in [9.17, 15) is 18.0 Å². The van der Waals surface area contributed by atoms with Gasteiger partial charge in [0.15, 0.2) is 5.95 Å². The van der Waals surface area contributed by atoms with Gasteiger partial charge in [-0.25, -0.2) is 9.78 Å². The molecule has 7 nitrogen and oxygen atoms in total. The summed E-state index contributed by atoms with van der Waals surface area (Å²) < 4.78 is 43.6. The zero-order valence-corrected chi connectivity index (χ0v) is 16.9. The van der Waals surface area contributed by atoms with Crippen molar-refractivity contribution in [2.75, 3.05) is 24.7 Å². The number of methoxy groups -OCH3 is 1. The summed E-state index contributed by atoms with van der Waals surface area (Å²) in [6.07, 6.45) is -4.00. The van der Waals surface area contributed by atoms with Crippen molar-refractivity contribution in [2.24, 2.45) is 0 Å². The van der Waals surface area contributed by atoms with Gasteiger partial charge in [-0.1, -0.05) is 19.9 Å². The van der Waals surface area contributed by atoms with E-state index in [2.05, 4.69) is 20.6 Å². The molecule has 0 fully saturated rings. The van der Waals surface area contributed by atoms with Gasteiger partial charge in [0, 0.05) is 6.54 Å². The molecule has 2 amide bonds. The van der Waals surface area contributed by atoms with Crippen molar-refractivity contribution < 1.29 is 22.7 Å². The number of anilines is 2. The minimum Gasteiger partial charge on any atom is -0.495 e. The van der Waals surface area contributed by atoms with Crippen molar-refractivity contribution in [1.82, 2.24) is 15.3 Å². The first-order chi connectivity index (χ1) is 14.3. The molecule has 0 aliphatic heterocycles. The number of fused-ring (bicyclic) bond motifs is 1. The number of benzene rings is 2. The molecular formula is C20H24F3N5O2. The van der Waals surface area contributed by atoms with Crippen LogP contribution in [0.4, 0.5) is 29.6 Å². The van der Waals surface area contributed by atoms with Crippen molar-refractivity contribution in [2.45, 2.75) is 26.4 Å². The Labute approximate surface area is 171 Å². The topological polar surface area (TPSA) is 105 Å². The molecule has 1 heterocycles. The number of amides is 2. The number of aromatic nitrogens is 2. The van der Waals surface area contributed by atoms with Crippen LogP contribution in [0.15, 0.2) is 36.4 Å². The van der Waals surface area contributed by atoms with Crippen LogP contribution in [-0.4, -0.2) is 29.7 Å². The van der Waals surface area contributed by atoms with Gasteiger partial charge in [-0.2, -0.15) is 13.2 Å². The van der Waals surface area contributed by atoms with Crippen LogP contribution in [0.3, 0.4) is 0 Å². The standard InChI is InChI=1S/C18H18F3N5O2.C2H6/c1-28-15-5-3-11(18(19,20)21)9-14(15)26-17(27)23-7-6-10-2-4-12-13(8-10)25-16(22)24-12;1-2/h2-5,8-9H,6-7H2,1H3,(H3,22,24,25)(H2,23,26,27);1-2H3. The Bertz CT molecular complexity index is 1000. The summed E-state index contributed by atoms with van der Waals surface area (Å²) in [6.45, 7) is 4.28. The maximum absolute atomic E-state index is 12.9. The first-order valence-electron chi connectivity index (χ1n) is 9.30. The highest BCUT2D eigenvalue weighted by molar-refractivity contribution is 5.91. The molecule has 0 unspecified atom stereocenters. The first kappa shape index (κ1) is 22.9. The Morgan fingerprint density at radius 2 is 1.93 bits per heavy atom. The van der Waals surface area contributed by atoms with Gasteiger partial charge in [0.1, 0.15) is 5.75 Å². The van der Waals surface area contributed by atoms with E-state index in [1.165, 1.54) is 7.11 Å². The van der Waals surface area contributed by atoms with Crippen LogP contribution in [-0.2, 0) is 12.6 Å². The maximum Gasteiger partial charge on any atom is 0.416 e. The fourth-order valence-corrected chi connectivity index (χ4v) is 2.70. The van der Waals surface area contributed by atoms with E-state index in [0.717, 1.165) is 34.8 Å². The molecule has 0 radical (unpaired) electrons. The molecule has 0 atom stereocenters. The van der Waals surface area contributed by atoms with E-state index in [1.807, 2.05) is 32.0 Å². The van der Waals surface area contributed by atoms with Crippen molar-refractivity contribution >= 4 is 28.7 Å². The molecule has 0 saturated carbocycles. The number of nitrogens with one attached hydrogen (secondary N) is 3. The lowest BCUT2D eigenvalue weighted by molar-refractivity contribution is -0.137. The van der Waals surface area contributed by atoms with Gasteiger partial charge in [0.2, 0.25) is 0 Å². The van der Waals surface area contributed by atoms with E-state index in [0.29, 0.717) is 12.4 Å². The van der Waals surface area contributed by atoms with E-state index < -0.39 is 17.8 Å². The number of imidazole rings is 1. The molecule has 3 aromatic rings. The monoisotopic (exact) mass is 423 g/mol. The van der Waals surface area contributed by atoms with Crippen LogP contribution < -0.4 is 21.1 Å². The van der Waals surface area contributed by atoms with Crippen LogP contribution >= 0.6 is 0 Å². The molecular weight excluding hydrogens is 399 g/mol. The normalized spacial score (nSPS) is 10.9. The quantitative estimate of drug-likeness (QED) is 0.483. The predicted molar refractivity (Wildman–Crippen MR) is 111 cm³/mol. The minimum absolute atomic E-state index is 0.0656. The third-order valence-corrected chi connectivity index (χ3v) is 4.04. The van der Waals surface area contributed by atoms with Gasteiger partial charge in [-0.05, 0) is 42.3 Å². The highest BCUT2D eigenvalue weighted by atomic mass is 19.4. The van der Waals surface area contributed by atoms with Crippen LogP contribution in [0.1, 0.15) is 25.0 Å². The molecule has 0 saturated heterocycles. The fraction of sp³-hybridized carbons (Fsp3) is 0.300. The average molecular weight is 423 g/mol. The Kier molecular flexibility index (Phi) is 7.51. The second-order valence-electron chi connectivity index (χ2n) is 6.02. The van der Waals surface area contributed by atoms with Crippen molar-refractivity contribution in [3.05, 3.63) is 47.5 Å². The second kappa shape index (κ2) is 9.86. The second-order valence-corrected chi connectivity index (χ2v) is 6.02. The molecule has 1 aromatic heterocycles. The maximum atomic E-state index is 12.9. The van der Waals surface area contributed by atoms with Crippen molar-refractivity contribution in [3.63, 3.8) is 0 Å². The Morgan fingerprint density at radius 1 is 1.20 bits per heavy atom. The number of aromatic amines is 1. The van der Waals surface area contributed by atoms with Crippen LogP contribution in [0.25, 0.3) is 11.0 Å². The summed E-state index contributed by atoms with van der Waals surface area (Å²) in [7, 11) is 1.31. The van der Waals surface area contributed by atoms with Crippen LogP contribution in [0.2, 0.25) is 0 Å². The van der Waals surface area contributed by atoms with Crippen molar-refractivity contribution in [1.29, 1.82) is 0 Å². The number of halogens is 3. The molecule has 0 spiro atoms. The van der Waals surface area contributed by atoms with Gasteiger partial charge in [-0.3, -0.25) is 0 Å². The van der Waals surface area contributed by atoms with E-state index in [4.69, 9.17) is 10.5 Å². The molecule has 5 N–H and O–H groups in total. The predicted octanol–water partition coefficient (Wildman–Crippen LogP) is 4.56. The van der Waals surface area contributed by atoms with Gasteiger partial charge < -0.3 is 26.1 Å². The summed E-state index contributed by atoms with van der Waals surface area (Å²) >= 11 is 0. The molecule has 30 heavy (non-hydrogen) atoms. The number of carbonyl (C=O) groups excluding carboxylic acids is 1. The van der Waals surface area contributed by atoms with E-state index in [1.54, 1.807) is 0 Å². The first-order valence-corrected chi connectivity index (χ1v) is 9.30. The number of alkyl halides is 3. The molecule has 162 valence electrons. The van der Waals surface area contributed by atoms with Crippen LogP contribution in [0.5, 0.6) is 5.75 Å². The highest BCUT2D eigenvalue weighted by Gasteiger charge is 2.31. The van der Waals surface area contributed by atoms with E-state index >= 15 is 0 Å². The third kappa shape index (κ3) is 5.79. The van der Waals surface area contributed by atoms with Crippen molar-refractivity contribution in [3.8, 4) is 5.75 Å². The van der Waals surface area contributed by atoms with Gasteiger partial charge in [-0.15, -0.1) is 0 Å². The smallest absolute Gasteiger partial charge is 0.416 e. The SMILES string of the molecule is CC.COc1ccc(C(F)(F)F)cc1NC(=O)NCCc1ccc2nc(N)[nH]c2c1. The van der Waals surface area contributed by atoms with Gasteiger partial charge in [0.05, 0.1) is 29.4 Å². The zero-order valence-electron chi connectivity index (χ0n) is 16.9. The third-order valence-electron chi connectivity index (χ3n) is 4.04. The summed E-state index contributed by atoms with van der Waals surface area (Å²) in [6, 6.07) is 7.78. The molecule has 3 rings (SSSR count). The average Bonchev–Trinajstić information content (AvgIpc) is 3.08. The molecule has 2 aromatic carbocycles. The Morgan fingerprint density at radius 3 is 2.60 bits per heavy atom. The molecule has 10 heteroatoms. The minimum atomic E-state index is -4.52. The van der Waals surface area contributed by atoms with Gasteiger partial charge >= 0.3 is 12.2 Å². The molecule has 0 aliphatic rings. The largest absolute Gasteiger partial charge is 0.495 e. The number of hydrogen-bond acceptors (Lipinski definition) is 4. The fourth-order valence-electron chi connectivity index (χ4n) is 2.70. The lowest BCUT2D eigenvalue weighted by Crippen LogP contribution is -2.30. The number of nitrogens with zero attached hydrogens (tertiary/aromatic N) is 1. The van der Waals surface area contributed by atoms with Gasteiger partial charge in [0.25, 0.3) is 0 Å².